The summed E-state index contributed by atoms with van der Waals surface area (Å²) >= 11 is 0. The van der Waals surface area contributed by atoms with Crippen LogP contribution in [0.3, 0.4) is 0 Å². The van der Waals surface area contributed by atoms with Crippen LogP contribution in [0.15, 0.2) is 34.8 Å². The zero-order valence-corrected chi connectivity index (χ0v) is 15.3. The van der Waals surface area contributed by atoms with Crippen molar-refractivity contribution in [1.82, 2.24) is 0 Å². The van der Waals surface area contributed by atoms with E-state index in [4.69, 9.17) is 4.42 Å². The Morgan fingerprint density at radius 2 is 1.55 bits per heavy atom. The van der Waals surface area contributed by atoms with Crippen LogP contribution in [0.1, 0.15) is 37.7 Å². The molecule has 2 aromatic carbocycles. The third kappa shape index (κ3) is 3.26. The molecule has 5 rings (SSSR count). The van der Waals surface area contributed by atoms with Gasteiger partial charge in [-0.25, -0.2) is 4.39 Å². The molecule has 152 valence electrons. The molecule has 1 heterocycles. The molecule has 29 heavy (non-hydrogen) atoms. The third-order valence-corrected chi connectivity index (χ3v) is 5.96. The SMILES string of the molecule is Fc1c(OC(F)(F)F)ccc2c1oc1c(F)c(C3=CCC(C4CC4)CC3)ccc12. The largest absolute Gasteiger partial charge is 0.573 e. The Morgan fingerprint density at radius 1 is 0.862 bits per heavy atom. The lowest BCUT2D eigenvalue weighted by Crippen LogP contribution is -2.17. The summed E-state index contributed by atoms with van der Waals surface area (Å²) in [5, 5.41) is 0.509. The number of allylic oxidation sites excluding steroid dienone is 2. The van der Waals surface area contributed by atoms with Crippen LogP contribution in [0.4, 0.5) is 22.0 Å². The van der Waals surface area contributed by atoms with E-state index in [9.17, 15) is 17.6 Å². The molecule has 7 heteroatoms. The summed E-state index contributed by atoms with van der Waals surface area (Å²) in [6.45, 7) is 0. The van der Waals surface area contributed by atoms with Crippen molar-refractivity contribution in [3.05, 3.63) is 47.5 Å². The maximum absolute atomic E-state index is 15.2. The Balaban J connectivity index is 1.56. The van der Waals surface area contributed by atoms with E-state index in [1.165, 1.54) is 18.9 Å². The summed E-state index contributed by atoms with van der Waals surface area (Å²) in [5.41, 5.74) is 0.677. The lowest BCUT2D eigenvalue weighted by Gasteiger charge is -2.22. The van der Waals surface area contributed by atoms with E-state index in [0.717, 1.165) is 36.8 Å². The quantitative estimate of drug-likeness (QED) is 0.423. The highest BCUT2D eigenvalue weighted by Gasteiger charge is 2.34. The van der Waals surface area contributed by atoms with Gasteiger partial charge in [0.05, 0.1) is 0 Å². The van der Waals surface area contributed by atoms with Gasteiger partial charge in [0, 0.05) is 16.3 Å². The van der Waals surface area contributed by atoms with Gasteiger partial charge in [0.25, 0.3) is 0 Å². The zero-order chi connectivity index (χ0) is 20.3. The van der Waals surface area contributed by atoms with Crippen molar-refractivity contribution in [2.24, 2.45) is 11.8 Å². The molecule has 3 aromatic rings. The van der Waals surface area contributed by atoms with Gasteiger partial charge in [-0.3, -0.25) is 0 Å². The van der Waals surface area contributed by atoms with Crippen LogP contribution in [0.5, 0.6) is 5.75 Å². The fraction of sp³-hybridized carbons (Fsp3) is 0.364. The van der Waals surface area contributed by atoms with E-state index in [-0.39, 0.29) is 11.0 Å². The number of ether oxygens (including phenoxy) is 1. The first-order valence-electron chi connectivity index (χ1n) is 9.60. The maximum Gasteiger partial charge on any atom is 0.573 e. The van der Waals surface area contributed by atoms with Gasteiger partial charge < -0.3 is 9.15 Å². The molecule has 0 radical (unpaired) electrons. The Morgan fingerprint density at radius 3 is 2.17 bits per heavy atom. The van der Waals surface area contributed by atoms with Gasteiger partial charge in [0.1, 0.15) is 0 Å². The number of benzene rings is 2. The van der Waals surface area contributed by atoms with Crippen molar-refractivity contribution in [2.45, 2.75) is 38.5 Å². The minimum Gasteiger partial charge on any atom is -0.450 e. The molecule has 2 nitrogen and oxygen atoms in total. The topological polar surface area (TPSA) is 22.4 Å². The van der Waals surface area contributed by atoms with Gasteiger partial charge >= 0.3 is 6.36 Å². The number of rotatable bonds is 3. The molecule has 0 saturated heterocycles. The van der Waals surface area contributed by atoms with Gasteiger partial charge in [-0.2, -0.15) is 4.39 Å². The number of hydrogen-bond donors (Lipinski definition) is 0. The Bertz CT molecular complexity index is 1140. The monoisotopic (exact) mass is 408 g/mol. The van der Waals surface area contributed by atoms with Crippen molar-refractivity contribution in [2.75, 3.05) is 0 Å². The molecule has 0 amide bonds. The second kappa shape index (κ2) is 6.47. The highest BCUT2D eigenvalue weighted by molar-refractivity contribution is 6.06. The van der Waals surface area contributed by atoms with E-state index >= 15 is 4.39 Å². The first kappa shape index (κ1) is 18.5. The van der Waals surface area contributed by atoms with Gasteiger partial charge in [-0.05, 0) is 67.7 Å². The van der Waals surface area contributed by atoms with Crippen molar-refractivity contribution in [3.8, 4) is 5.75 Å². The van der Waals surface area contributed by atoms with E-state index < -0.39 is 29.3 Å². The Kier molecular flexibility index (Phi) is 4.12. The number of hydrogen-bond acceptors (Lipinski definition) is 2. The van der Waals surface area contributed by atoms with Crippen molar-refractivity contribution in [1.29, 1.82) is 0 Å². The summed E-state index contributed by atoms with van der Waals surface area (Å²) in [6, 6.07) is 5.36. The highest BCUT2D eigenvalue weighted by atomic mass is 19.4. The lowest BCUT2D eigenvalue weighted by atomic mass is 9.84. The molecular weight excluding hydrogens is 391 g/mol. The summed E-state index contributed by atoms with van der Waals surface area (Å²) in [4.78, 5) is 0. The van der Waals surface area contributed by atoms with E-state index in [0.29, 0.717) is 16.9 Å². The standard InChI is InChI=1S/C22H17F5O2/c23-18-14(13-5-3-12(4-6-13)11-1-2-11)7-8-15-16-9-10-17(29-22(25,26)27)19(24)21(16)28-20(15)18/h5,7-12H,1-4,6H2. The molecule has 2 aliphatic rings. The van der Waals surface area contributed by atoms with Crippen molar-refractivity contribution < 1.29 is 31.1 Å². The van der Waals surface area contributed by atoms with Crippen LogP contribution in [0, 0.1) is 23.5 Å². The predicted octanol–water partition coefficient (Wildman–Crippen LogP) is 7.36. The molecule has 0 N–H and O–H groups in total. The summed E-state index contributed by atoms with van der Waals surface area (Å²) < 4.78 is 76.1. The fourth-order valence-corrected chi connectivity index (χ4v) is 4.37. The molecule has 1 fully saturated rings. The van der Waals surface area contributed by atoms with Gasteiger partial charge in [-0.15, -0.1) is 13.2 Å². The molecule has 2 aliphatic carbocycles. The van der Waals surface area contributed by atoms with E-state index in [1.54, 1.807) is 12.1 Å². The smallest absolute Gasteiger partial charge is 0.450 e. The van der Waals surface area contributed by atoms with Crippen LogP contribution in [-0.2, 0) is 0 Å². The van der Waals surface area contributed by atoms with Crippen LogP contribution in [0.2, 0.25) is 0 Å². The number of alkyl halides is 3. The lowest BCUT2D eigenvalue weighted by molar-refractivity contribution is -0.275. The summed E-state index contributed by atoms with van der Waals surface area (Å²) in [6.07, 6.45) is 2.28. The minimum atomic E-state index is -5.04. The maximum atomic E-state index is 15.2. The van der Waals surface area contributed by atoms with Crippen molar-refractivity contribution >= 4 is 27.5 Å². The summed E-state index contributed by atoms with van der Waals surface area (Å²) in [5.74, 6) is -1.47. The number of fused-ring (bicyclic) bond motifs is 3. The first-order chi connectivity index (χ1) is 13.8. The van der Waals surface area contributed by atoms with Crippen LogP contribution < -0.4 is 4.74 Å². The summed E-state index contributed by atoms with van der Waals surface area (Å²) in [7, 11) is 0. The molecule has 1 saturated carbocycles. The van der Waals surface area contributed by atoms with Crippen LogP contribution in [0.25, 0.3) is 27.5 Å². The van der Waals surface area contributed by atoms with Gasteiger partial charge in [-0.1, -0.05) is 12.1 Å². The van der Waals surface area contributed by atoms with Crippen LogP contribution in [-0.4, -0.2) is 6.36 Å². The second-order valence-electron chi connectivity index (χ2n) is 7.81. The fourth-order valence-electron chi connectivity index (χ4n) is 4.37. The Hall–Kier alpha value is -2.57. The third-order valence-electron chi connectivity index (χ3n) is 5.96. The molecule has 0 spiro atoms. The molecular formula is C22H17F5O2. The second-order valence-corrected chi connectivity index (χ2v) is 7.81. The molecule has 0 aliphatic heterocycles. The first-order valence-corrected chi connectivity index (χ1v) is 9.60. The molecule has 1 unspecified atom stereocenters. The molecule has 0 bridgehead atoms. The van der Waals surface area contributed by atoms with E-state index in [1.807, 2.05) is 0 Å². The molecule has 1 atom stereocenters. The van der Waals surface area contributed by atoms with Gasteiger partial charge in [0.15, 0.2) is 22.7 Å². The number of halogens is 5. The average Bonchev–Trinajstić information content (AvgIpc) is 3.45. The molecule has 1 aromatic heterocycles. The zero-order valence-electron chi connectivity index (χ0n) is 15.3. The van der Waals surface area contributed by atoms with Gasteiger partial charge in [0.2, 0.25) is 5.82 Å². The van der Waals surface area contributed by atoms with E-state index in [2.05, 4.69) is 10.8 Å². The van der Waals surface area contributed by atoms with Crippen LogP contribution >= 0.6 is 0 Å². The highest BCUT2D eigenvalue weighted by Crippen LogP contribution is 2.46. The number of furan rings is 1. The average molecular weight is 408 g/mol. The Labute approximate surface area is 162 Å². The predicted molar refractivity (Wildman–Crippen MR) is 98.4 cm³/mol. The minimum absolute atomic E-state index is 0.161. The van der Waals surface area contributed by atoms with Crippen molar-refractivity contribution in [3.63, 3.8) is 0 Å². The normalized spacial score (nSPS) is 20.3.